The van der Waals surface area contributed by atoms with Crippen molar-refractivity contribution < 1.29 is 9.84 Å². The van der Waals surface area contributed by atoms with Crippen LogP contribution in [0.2, 0.25) is 5.02 Å². The number of hydrogen-bond donors (Lipinski definition) is 1. The van der Waals surface area contributed by atoms with Crippen LogP contribution >= 0.6 is 11.6 Å². The molecule has 0 unspecified atom stereocenters. The molecule has 1 aromatic carbocycles. The lowest BCUT2D eigenvalue weighted by Gasteiger charge is -2.11. The molecule has 0 aliphatic rings. The number of nitrogens with zero attached hydrogens (tertiary/aromatic N) is 2. The second-order valence-corrected chi connectivity index (χ2v) is 4.85. The molecule has 0 atom stereocenters. The van der Waals surface area contributed by atoms with E-state index >= 15 is 0 Å². The van der Waals surface area contributed by atoms with Gasteiger partial charge in [0, 0.05) is 10.9 Å². The molecule has 0 bridgehead atoms. The Bertz CT molecular complexity index is 573. The second-order valence-electron chi connectivity index (χ2n) is 4.41. The van der Waals surface area contributed by atoms with Crippen LogP contribution in [0.3, 0.4) is 0 Å². The van der Waals surface area contributed by atoms with E-state index in [1.54, 1.807) is 30.5 Å². The highest BCUT2D eigenvalue weighted by Crippen LogP contribution is 2.26. The van der Waals surface area contributed by atoms with E-state index in [1.807, 2.05) is 13.8 Å². The Hall–Kier alpha value is -1.65. The summed E-state index contributed by atoms with van der Waals surface area (Å²) >= 11 is 5.89. The summed E-state index contributed by atoms with van der Waals surface area (Å²) in [4.78, 5) is 8.52. The molecule has 0 saturated carbocycles. The van der Waals surface area contributed by atoms with Gasteiger partial charge in [-0.25, -0.2) is 9.97 Å². The minimum Gasteiger partial charge on any atom is -0.454 e. The molecule has 0 aliphatic carbocycles. The Morgan fingerprint density at radius 1 is 1.37 bits per heavy atom. The van der Waals surface area contributed by atoms with Crippen molar-refractivity contribution in [3.05, 3.63) is 47.0 Å². The van der Waals surface area contributed by atoms with E-state index < -0.39 is 0 Å². The number of halogens is 1. The van der Waals surface area contributed by atoms with Gasteiger partial charge in [-0.15, -0.1) is 0 Å². The number of aliphatic hydroxyl groups is 1. The molecule has 0 amide bonds. The van der Waals surface area contributed by atoms with Gasteiger partial charge >= 0.3 is 0 Å². The highest BCUT2D eigenvalue weighted by molar-refractivity contribution is 6.30. The van der Waals surface area contributed by atoms with Gasteiger partial charge in [0.25, 0.3) is 0 Å². The molecule has 5 heteroatoms. The topological polar surface area (TPSA) is 55.2 Å². The number of aliphatic hydroxyl groups excluding tert-OH is 1. The van der Waals surface area contributed by atoms with Crippen LogP contribution in [0.25, 0.3) is 0 Å². The van der Waals surface area contributed by atoms with E-state index in [0.717, 1.165) is 0 Å². The number of hydrogen-bond acceptors (Lipinski definition) is 4. The quantitative estimate of drug-likeness (QED) is 0.929. The minimum absolute atomic E-state index is 0.196. The molecule has 100 valence electrons. The Labute approximate surface area is 117 Å². The fourth-order valence-corrected chi connectivity index (χ4v) is 1.74. The number of ether oxygens (including phenoxy) is 1. The fraction of sp³-hybridized carbons (Fsp3) is 0.286. The lowest BCUT2D eigenvalue weighted by molar-refractivity contribution is 0.270. The van der Waals surface area contributed by atoms with E-state index in [0.29, 0.717) is 28.0 Å². The molecule has 2 rings (SSSR count). The van der Waals surface area contributed by atoms with Crippen LogP contribution in [0.15, 0.2) is 30.5 Å². The molecular formula is C14H15ClN2O2. The first-order valence-electron chi connectivity index (χ1n) is 6.00. The maximum absolute atomic E-state index is 9.36. The predicted molar refractivity (Wildman–Crippen MR) is 73.6 cm³/mol. The van der Waals surface area contributed by atoms with E-state index in [9.17, 15) is 5.11 Å². The first kappa shape index (κ1) is 13.8. The van der Waals surface area contributed by atoms with Gasteiger partial charge in [-0.05, 0) is 18.2 Å². The summed E-state index contributed by atoms with van der Waals surface area (Å²) in [6.45, 7) is 3.79. The van der Waals surface area contributed by atoms with Gasteiger partial charge in [-0.1, -0.05) is 31.5 Å². The second kappa shape index (κ2) is 5.99. The van der Waals surface area contributed by atoms with Crippen molar-refractivity contribution in [1.82, 2.24) is 9.97 Å². The average Bonchev–Trinajstić information content (AvgIpc) is 2.39. The highest BCUT2D eigenvalue weighted by atomic mass is 35.5. The third-order valence-electron chi connectivity index (χ3n) is 2.54. The minimum atomic E-state index is -0.196. The summed E-state index contributed by atoms with van der Waals surface area (Å²) in [7, 11) is 0. The van der Waals surface area contributed by atoms with Crippen LogP contribution in [0.1, 0.15) is 31.3 Å². The lowest BCUT2D eigenvalue weighted by atomic mass is 10.2. The van der Waals surface area contributed by atoms with E-state index in [2.05, 4.69) is 9.97 Å². The van der Waals surface area contributed by atoms with Crippen molar-refractivity contribution in [2.24, 2.45) is 0 Å². The standard InChI is InChI=1S/C14H15ClN2O2/c1-9(2)14-16-7-13(12(8-18)17-14)19-11-5-3-4-10(15)6-11/h3-7,9,18H,8H2,1-2H3. The van der Waals surface area contributed by atoms with Gasteiger partial charge in [0.2, 0.25) is 0 Å². The van der Waals surface area contributed by atoms with Crippen LogP contribution in [0, 0.1) is 0 Å². The zero-order valence-corrected chi connectivity index (χ0v) is 11.6. The first-order valence-corrected chi connectivity index (χ1v) is 6.38. The van der Waals surface area contributed by atoms with Crippen LogP contribution in [0.5, 0.6) is 11.5 Å². The number of rotatable bonds is 4. The molecule has 0 radical (unpaired) electrons. The molecule has 4 nitrogen and oxygen atoms in total. The van der Waals surface area contributed by atoms with Gasteiger partial charge in [0.05, 0.1) is 12.8 Å². The van der Waals surface area contributed by atoms with Crippen LogP contribution in [0.4, 0.5) is 0 Å². The van der Waals surface area contributed by atoms with Crippen LogP contribution in [-0.2, 0) is 6.61 Å². The van der Waals surface area contributed by atoms with Gasteiger partial charge in [-0.2, -0.15) is 0 Å². The summed E-state index contributed by atoms with van der Waals surface area (Å²) in [5.74, 6) is 1.91. The largest absolute Gasteiger partial charge is 0.454 e. The lowest BCUT2D eigenvalue weighted by Crippen LogP contribution is -2.03. The van der Waals surface area contributed by atoms with Crippen molar-refractivity contribution in [2.75, 3.05) is 0 Å². The fourth-order valence-electron chi connectivity index (χ4n) is 1.56. The maximum atomic E-state index is 9.36. The average molecular weight is 279 g/mol. The van der Waals surface area contributed by atoms with Crippen molar-refractivity contribution in [1.29, 1.82) is 0 Å². The molecular weight excluding hydrogens is 264 g/mol. The normalized spacial score (nSPS) is 10.8. The Kier molecular flexibility index (Phi) is 4.35. The Morgan fingerprint density at radius 2 is 2.16 bits per heavy atom. The van der Waals surface area contributed by atoms with Crippen LogP contribution in [-0.4, -0.2) is 15.1 Å². The van der Waals surface area contributed by atoms with Gasteiger partial charge < -0.3 is 9.84 Å². The number of aromatic nitrogens is 2. The monoisotopic (exact) mass is 278 g/mol. The van der Waals surface area contributed by atoms with Crippen molar-refractivity contribution in [2.45, 2.75) is 26.4 Å². The van der Waals surface area contributed by atoms with Gasteiger partial charge in [0.15, 0.2) is 5.75 Å². The van der Waals surface area contributed by atoms with E-state index in [4.69, 9.17) is 16.3 Å². The van der Waals surface area contributed by atoms with Gasteiger partial charge in [-0.3, -0.25) is 0 Å². The summed E-state index contributed by atoms with van der Waals surface area (Å²) in [6, 6.07) is 7.03. The number of benzene rings is 1. The molecule has 19 heavy (non-hydrogen) atoms. The molecule has 1 N–H and O–H groups in total. The molecule has 1 aromatic heterocycles. The first-order chi connectivity index (χ1) is 9.10. The third-order valence-corrected chi connectivity index (χ3v) is 2.77. The highest BCUT2D eigenvalue weighted by Gasteiger charge is 2.11. The Morgan fingerprint density at radius 3 is 2.79 bits per heavy atom. The van der Waals surface area contributed by atoms with Crippen molar-refractivity contribution in [3.63, 3.8) is 0 Å². The molecule has 0 saturated heterocycles. The summed E-state index contributed by atoms with van der Waals surface area (Å²) in [5.41, 5.74) is 0.471. The third kappa shape index (κ3) is 3.43. The molecule has 0 spiro atoms. The van der Waals surface area contributed by atoms with Crippen LogP contribution < -0.4 is 4.74 Å². The van der Waals surface area contributed by atoms with E-state index in [-0.39, 0.29) is 12.5 Å². The zero-order chi connectivity index (χ0) is 13.8. The van der Waals surface area contributed by atoms with E-state index in [1.165, 1.54) is 0 Å². The molecule has 1 heterocycles. The van der Waals surface area contributed by atoms with Crippen molar-refractivity contribution >= 4 is 11.6 Å². The smallest absolute Gasteiger partial charge is 0.169 e. The Balaban J connectivity index is 2.29. The SMILES string of the molecule is CC(C)c1ncc(Oc2cccc(Cl)c2)c(CO)n1. The molecule has 2 aromatic rings. The zero-order valence-electron chi connectivity index (χ0n) is 10.8. The molecule has 0 fully saturated rings. The summed E-state index contributed by atoms with van der Waals surface area (Å²) in [6.07, 6.45) is 1.58. The predicted octanol–water partition coefficient (Wildman–Crippen LogP) is 3.54. The summed E-state index contributed by atoms with van der Waals surface area (Å²) in [5, 5.41) is 9.95. The van der Waals surface area contributed by atoms with Crippen molar-refractivity contribution in [3.8, 4) is 11.5 Å². The maximum Gasteiger partial charge on any atom is 0.169 e. The van der Waals surface area contributed by atoms with Gasteiger partial charge in [0.1, 0.15) is 17.3 Å². The molecule has 0 aliphatic heterocycles. The summed E-state index contributed by atoms with van der Waals surface area (Å²) < 4.78 is 5.65.